The number of carbonyl (C=O) groups is 2. The minimum absolute atomic E-state index is 0.139. The molecular formula is C18H20N6O2. The van der Waals surface area contributed by atoms with Crippen molar-refractivity contribution in [2.45, 2.75) is 20.3 Å². The van der Waals surface area contributed by atoms with Crippen LogP contribution >= 0.6 is 0 Å². The Morgan fingerprint density at radius 2 is 1.77 bits per heavy atom. The maximum atomic E-state index is 12.7. The van der Waals surface area contributed by atoms with Crippen LogP contribution in [0.2, 0.25) is 0 Å². The molecule has 2 amide bonds. The molecule has 2 aromatic rings. The Kier molecular flexibility index (Phi) is 4.98. The molecule has 8 heteroatoms. The van der Waals surface area contributed by atoms with E-state index in [2.05, 4.69) is 15.0 Å². The quantitative estimate of drug-likeness (QED) is 0.876. The first kappa shape index (κ1) is 17.6. The molecule has 134 valence electrons. The third-order valence-corrected chi connectivity index (χ3v) is 4.30. The van der Waals surface area contributed by atoms with Gasteiger partial charge in [0, 0.05) is 38.1 Å². The number of nitriles is 1. The highest BCUT2D eigenvalue weighted by Crippen LogP contribution is 2.12. The standard InChI is InChI=1S/C18H20N6O2/c1-12-8-16(22-13(2)21-12)18(26)24-5-3-4-23(6-7-24)17(25)15-9-14(10-19)11-20-15/h8-9,11,20H,3-7H2,1-2H3. The number of amides is 2. The number of hydrogen-bond donors (Lipinski definition) is 1. The molecule has 0 atom stereocenters. The van der Waals surface area contributed by atoms with Crippen LogP contribution in [-0.4, -0.2) is 62.7 Å². The average molecular weight is 352 g/mol. The molecule has 8 nitrogen and oxygen atoms in total. The van der Waals surface area contributed by atoms with Gasteiger partial charge in [0.05, 0.1) is 5.56 Å². The lowest BCUT2D eigenvalue weighted by molar-refractivity contribution is 0.0713. The van der Waals surface area contributed by atoms with Gasteiger partial charge in [0.1, 0.15) is 23.3 Å². The summed E-state index contributed by atoms with van der Waals surface area (Å²) in [6.07, 6.45) is 2.20. The van der Waals surface area contributed by atoms with E-state index < -0.39 is 0 Å². The molecule has 0 bridgehead atoms. The number of aryl methyl sites for hydroxylation is 2. The van der Waals surface area contributed by atoms with E-state index in [1.54, 1.807) is 28.9 Å². The molecule has 3 rings (SSSR count). The highest BCUT2D eigenvalue weighted by atomic mass is 16.2. The van der Waals surface area contributed by atoms with Crippen LogP contribution < -0.4 is 0 Å². The van der Waals surface area contributed by atoms with Gasteiger partial charge >= 0.3 is 0 Å². The largest absolute Gasteiger partial charge is 0.356 e. The second-order valence-corrected chi connectivity index (χ2v) is 6.29. The van der Waals surface area contributed by atoms with Crippen LogP contribution in [-0.2, 0) is 0 Å². The highest BCUT2D eigenvalue weighted by molar-refractivity contribution is 5.94. The summed E-state index contributed by atoms with van der Waals surface area (Å²) in [6.45, 7) is 5.61. The monoisotopic (exact) mass is 352 g/mol. The number of aromatic nitrogens is 3. The van der Waals surface area contributed by atoms with Crippen molar-refractivity contribution in [3.8, 4) is 6.07 Å². The number of H-pyrrole nitrogens is 1. The van der Waals surface area contributed by atoms with Crippen molar-refractivity contribution in [2.24, 2.45) is 0 Å². The van der Waals surface area contributed by atoms with Crippen molar-refractivity contribution in [1.82, 2.24) is 24.8 Å². The molecule has 0 unspecified atom stereocenters. The molecule has 2 aromatic heterocycles. The lowest BCUT2D eigenvalue weighted by atomic mass is 10.2. The Morgan fingerprint density at radius 3 is 2.38 bits per heavy atom. The minimum atomic E-state index is -0.158. The lowest BCUT2D eigenvalue weighted by Crippen LogP contribution is -2.37. The van der Waals surface area contributed by atoms with Gasteiger partial charge in [-0.05, 0) is 32.4 Å². The first-order chi connectivity index (χ1) is 12.5. The third kappa shape index (κ3) is 3.72. The van der Waals surface area contributed by atoms with Gasteiger partial charge in [-0.1, -0.05) is 0 Å². The van der Waals surface area contributed by atoms with Gasteiger partial charge in [-0.25, -0.2) is 9.97 Å². The molecule has 0 spiro atoms. The predicted molar refractivity (Wildman–Crippen MR) is 93.4 cm³/mol. The molecule has 0 saturated carbocycles. The topological polar surface area (TPSA) is 106 Å². The fourth-order valence-corrected chi connectivity index (χ4v) is 3.06. The number of aromatic amines is 1. The highest BCUT2D eigenvalue weighted by Gasteiger charge is 2.25. The summed E-state index contributed by atoms with van der Waals surface area (Å²) in [4.78, 5) is 40.0. The smallest absolute Gasteiger partial charge is 0.272 e. The van der Waals surface area contributed by atoms with E-state index in [-0.39, 0.29) is 11.8 Å². The van der Waals surface area contributed by atoms with Crippen molar-refractivity contribution in [3.05, 3.63) is 46.8 Å². The normalized spacial score (nSPS) is 14.7. The Hall–Kier alpha value is -3.21. The lowest BCUT2D eigenvalue weighted by Gasteiger charge is -2.21. The number of rotatable bonds is 2. The van der Waals surface area contributed by atoms with Gasteiger partial charge in [-0.2, -0.15) is 5.26 Å². The van der Waals surface area contributed by atoms with Crippen molar-refractivity contribution in [2.75, 3.05) is 26.2 Å². The van der Waals surface area contributed by atoms with E-state index in [0.29, 0.717) is 55.4 Å². The van der Waals surface area contributed by atoms with Crippen molar-refractivity contribution < 1.29 is 9.59 Å². The van der Waals surface area contributed by atoms with E-state index in [9.17, 15) is 9.59 Å². The number of carbonyl (C=O) groups excluding carboxylic acids is 2. The first-order valence-corrected chi connectivity index (χ1v) is 8.47. The molecule has 1 aliphatic rings. The molecule has 1 N–H and O–H groups in total. The summed E-state index contributed by atoms with van der Waals surface area (Å²) in [5.74, 6) is 0.272. The number of nitrogens with zero attached hydrogens (tertiary/aromatic N) is 5. The molecule has 0 aliphatic carbocycles. The molecule has 0 aromatic carbocycles. The van der Waals surface area contributed by atoms with Gasteiger partial charge in [0.15, 0.2) is 0 Å². The molecule has 1 fully saturated rings. The van der Waals surface area contributed by atoms with Gasteiger partial charge in [0.25, 0.3) is 11.8 Å². The Bertz CT molecular complexity index is 862. The van der Waals surface area contributed by atoms with Gasteiger partial charge in [0.2, 0.25) is 0 Å². The number of hydrogen-bond acceptors (Lipinski definition) is 5. The third-order valence-electron chi connectivity index (χ3n) is 4.30. The van der Waals surface area contributed by atoms with Gasteiger partial charge in [-0.3, -0.25) is 9.59 Å². The summed E-state index contributed by atoms with van der Waals surface area (Å²) < 4.78 is 0. The second kappa shape index (κ2) is 7.35. The van der Waals surface area contributed by atoms with Crippen LogP contribution in [0.3, 0.4) is 0 Å². The maximum absolute atomic E-state index is 12.7. The summed E-state index contributed by atoms with van der Waals surface area (Å²) in [7, 11) is 0. The zero-order valence-electron chi connectivity index (χ0n) is 14.8. The zero-order valence-corrected chi connectivity index (χ0v) is 14.8. The van der Waals surface area contributed by atoms with E-state index in [1.165, 1.54) is 6.20 Å². The summed E-state index contributed by atoms with van der Waals surface area (Å²) in [5.41, 5.74) is 1.96. The fourth-order valence-electron chi connectivity index (χ4n) is 3.06. The zero-order chi connectivity index (χ0) is 18.7. The first-order valence-electron chi connectivity index (χ1n) is 8.47. The SMILES string of the molecule is Cc1cc(C(=O)N2CCCN(C(=O)c3cc(C#N)c[nH]3)CC2)nc(C)n1. The second-order valence-electron chi connectivity index (χ2n) is 6.29. The summed E-state index contributed by atoms with van der Waals surface area (Å²) in [6, 6.07) is 5.23. The van der Waals surface area contributed by atoms with Crippen LogP contribution in [0.15, 0.2) is 18.3 Å². The van der Waals surface area contributed by atoms with Gasteiger partial charge < -0.3 is 14.8 Å². The predicted octanol–water partition coefficient (Wildman–Crippen LogP) is 1.28. The molecule has 1 aliphatic heterocycles. The Morgan fingerprint density at radius 1 is 1.08 bits per heavy atom. The van der Waals surface area contributed by atoms with Gasteiger partial charge in [-0.15, -0.1) is 0 Å². The van der Waals surface area contributed by atoms with Crippen LogP contribution in [0.1, 0.15) is 44.5 Å². The van der Waals surface area contributed by atoms with E-state index in [4.69, 9.17) is 5.26 Å². The van der Waals surface area contributed by atoms with E-state index in [1.807, 2.05) is 13.0 Å². The fraction of sp³-hybridized carbons (Fsp3) is 0.389. The van der Waals surface area contributed by atoms with E-state index >= 15 is 0 Å². The molecular weight excluding hydrogens is 332 g/mol. The van der Waals surface area contributed by atoms with Crippen LogP contribution in [0.5, 0.6) is 0 Å². The van der Waals surface area contributed by atoms with Crippen molar-refractivity contribution in [1.29, 1.82) is 5.26 Å². The summed E-state index contributed by atoms with van der Waals surface area (Å²) in [5, 5.41) is 8.88. The molecule has 3 heterocycles. The average Bonchev–Trinajstić information content (AvgIpc) is 2.96. The number of nitrogens with one attached hydrogen (secondary N) is 1. The minimum Gasteiger partial charge on any atom is -0.356 e. The summed E-state index contributed by atoms with van der Waals surface area (Å²) >= 11 is 0. The van der Waals surface area contributed by atoms with E-state index in [0.717, 1.165) is 5.69 Å². The van der Waals surface area contributed by atoms with Crippen molar-refractivity contribution in [3.63, 3.8) is 0 Å². The Balaban J connectivity index is 1.68. The Labute approximate surface area is 151 Å². The maximum Gasteiger partial charge on any atom is 0.272 e. The van der Waals surface area contributed by atoms with Crippen LogP contribution in [0.4, 0.5) is 0 Å². The molecule has 1 saturated heterocycles. The molecule has 26 heavy (non-hydrogen) atoms. The van der Waals surface area contributed by atoms with Crippen LogP contribution in [0.25, 0.3) is 0 Å². The van der Waals surface area contributed by atoms with Crippen molar-refractivity contribution >= 4 is 11.8 Å². The molecule has 0 radical (unpaired) electrons. The van der Waals surface area contributed by atoms with Crippen LogP contribution in [0, 0.1) is 25.2 Å².